The summed E-state index contributed by atoms with van der Waals surface area (Å²) >= 11 is 4.21. The van der Waals surface area contributed by atoms with Gasteiger partial charge in [0, 0.05) is 13.2 Å². The summed E-state index contributed by atoms with van der Waals surface area (Å²) in [6.45, 7) is 4.80. The molecule has 0 N–H and O–H groups in total. The lowest BCUT2D eigenvalue weighted by Crippen LogP contribution is -2.14. The zero-order valence-corrected chi connectivity index (χ0v) is 9.26. The number of hydrogen-bond acceptors (Lipinski definition) is 3. The van der Waals surface area contributed by atoms with E-state index in [1.165, 1.54) is 6.42 Å². The highest BCUT2D eigenvalue weighted by molar-refractivity contribution is 7.80. The van der Waals surface area contributed by atoms with Gasteiger partial charge >= 0.3 is 0 Å². The van der Waals surface area contributed by atoms with E-state index in [-0.39, 0.29) is 0 Å². The van der Waals surface area contributed by atoms with Crippen molar-refractivity contribution in [3.05, 3.63) is 0 Å². The quantitative estimate of drug-likeness (QED) is 0.668. The summed E-state index contributed by atoms with van der Waals surface area (Å²) in [4.78, 5) is 0. The molecule has 1 aliphatic rings. The number of hydrogen-bond donors (Lipinski definition) is 1. The summed E-state index contributed by atoms with van der Waals surface area (Å²) in [6.07, 6.45) is 3.77. The van der Waals surface area contributed by atoms with Crippen molar-refractivity contribution in [1.82, 2.24) is 0 Å². The molecule has 1 fully saturated rings. The fraction of sp³-hybridized carbons (Fsp3) is 1.00. The molecule has 78 valence electrons. The van der Waals surface area contributed by atoms with Gasteiger partial charge in [0.15, 0.2) is 0 Å². The van der Waals surface area contributed by atoms with Gasteiger partial charge in [-0.05, 0) is 30.9 Å². The first-order valence-corrected chi connectivity index (χ1v) is 5.76. The summed E-state index contributed by atoms with van der Waals surface area (Å²) in [5.74, 6) is 1.72. The molecule has 0 aromatic rings. The van der Waals surface area contributed by atoms with Crippen molar-refractivity contribution < 1.29 is 9.47 Å². The Hall–Kier alpha value is 0.270. The maximum absolute atomic E-state index is 5.67. The fourth-order valence-corrected chi connectivity index (χ4v) is 1.89. The van der Waals surface area contributed by atoms with Crippen LogP contribution in [0.15, 0.2) is 0 Å². The van der Waals surface area contributed by atoms with Crippen LogP contribution < -0.4 is 0 Å². The summed E-state index contributed by atoms with van der Waals surface area (Å²) in [6, 6.07) is 0. The summed E-state index contributed by atoms with van der Waals surface area (Å²) in [5.41, 5.74) is 0. The number of ether oxygens (including phenoxy) is 2. The Morgan fingerprint density at radius 3 is 3.00 bits per heavy atom. The lowest BCUT2D eigenvalue weighted by atomic mass is 10.1. The Balaban J connectivity index is 1.93. The van der Waals surface area contributed by atoms with E-state index in [4.69, 9.17) is 9.47 Å². The molecule has 0 radical (unpaired) electrons. The standard InChI is InChI=1S/C10H20O2S/c1-9(4-7-13)2-6-12-10-3-5-11-8-10/h9-10,13H,2-8H2,1H3. The van der Waals surface area contributed by atoms with Crippen molar-refractivity contribution in [2.45, 2.75) is 32.3 Å². The largest absolute Gasteiger partial charge is 0.379 e. The second kappa shape index (κ2) is 6.68. The first-order valence-electron chi connectivity index (χ1n) is 5.13. The normalized spacial score (nSPS) is 24.9. The molecule has 1 saturated heterocycles. The molecular weight excluding hydrogens is 184 g/mol. The summed E-state index contributed by atoms with van der Waals surface area (Å²) < 4.78 is 10.9. The monoisotopic (exact) mass is 204 g/mol. The predicted octanol–water partition coefficient (Wildman–Crippen LogP) is 2.14. The van der Waals surface area contributed by atoms with E-state index >= 15 is 0 Å². The smallest absolute Gasteiger partial charge is 0.0830 e. The molecule has 0 aromatic carbocycles. The van der Waals surface area contributed by atoms with Crippen molar-refractivity contribution in [2.75, 3.05) is 25.6 Å². The van der Waals surface area contributed by atoms with Crippen LogP contribution in [-0.2, 0) is 9.47 Å². The van der Waals surface area contributed by atoms with Crippen molar-refractivity contribution in [3.63, 3.8) is 0 Å². The van der Waals surface area contributed by atoms with Crippen molar-refractivity contribution in [1.29, 1.82) is 0 Å². The summed E-state index contributed by atoms with van der Waals surface area (Å²) in [5, 5.41) is 0. The Kier molecular flexibility index (Phi) is 5.83. The lowest BCUT2D eigenvalue weighted by Gasteiger charge is -2.12. The van der Waals surface area contributed by atoms with Gasteiger partial charge in [-0.1, -0.05) is 6.92 Å². The van der Waals surface area contributed by atoms with Gasteiger partial charge in [-0.15, -0.1) is 0 Å². The topological polar surface area (TPSA) is 18.5 Å². The van der Waals surface area contributed by atoms with Crippen LogP contribution in [0.1, 0.15) is 26.2 Å². The Morgan fingerprint density at radius 2 is 2.38 bits per heavy atom. The second-order valence-electron chi connectivity index (χ2n) is 3.76. The maximum atomic E-state index is 5.67. The highest BCUT2D eigenvalue weighted by Crippen LogP contribution is 2.12. The van der Waals surface area contributed by atoms with Gasteiger partial charge in [-0.2, -0.15) is 12.6 Å². The highest BCUT2D eigenvalue weighted by Gasteiger charge is 2.15. The van der Waals surface area contributed by atoms with E-state index in [0.717, 1.165) is 44.3 Å². The first-order chi connectivity index (χ1) is 6.33. The van der Waals surface area contributed by atoms with Crippen LogP contribution >= 0.6 is 12.6 Å². The van der Waals surface area contributed by atoms with Gasteiger partial charge in [-0.3, -0.25) is 0 Å². The molecule has 3 heteroatoms. The Morgan fingerprint density at radius 1 is 1.54 bits per heavy atom. The lowest BCUT2D eigenvalue weighted by molar-refractivity contribution is 0.0362. The molecule has 2 nitrogen and oxygen atoms in total. The van der Waals surface area contributed by atoms with Crippen LogP contribution in [0.2, 0.25) is 0 Å². The molecule has 0 bridgehead atoms. The van der Waals surface area contributed by atoms with Crippen molar-refractivity contribution in [3.8, 4) is 0 Å². The van der Waals surface area contributed by atoms with E-state index in [1.807, 2.05) is 0 Å². The Bertz CT molecular complexity index is 124. The molecule has 2 unspecified atom stereocenters. The van der Waals surface area contributed by atoms with Crippen LogP contribution in [0.4, 0.5) is 0 Å². The van der Waals surface area contributed by atoms with Gasteiger partial charge in [0.1, 0.15) is 0 Å². The van der Waals surface area contributed by atoms with Crippen LogP contribution in [0.3, 0.4) is 0 Å². The molecule has 0 aliphatic carbocycles. The molecule has 13 heavy (non-hydrogen) atoms. The predicted molar refractivity (Wildman–Crippen MR) is 57.4 cm³/mol. The minimum absolute atomic E-state index is 0.364. The molecular formula is C10H20O2S. The van der Waals surface area contributed by atoms with Gasteiger partial charge in [-0.25, -0.2) is 0 Å². The molecule has 0 saturated carbocycles. The highest BCUT2D eigenvalue weighted by atomic mass is 32.1. The number of thiol groups is 1. The van der Waals surface area contributed by atoms with Gasteiger partial charge in [0.2, 0.25) is 0 Å². The van der Waals surface area contributed by atoms with Crippen LogP contribution in [0, 0.1) is 5.92 Å². The molecule has 2 atom stereocenters. The van der Waals surface area contributed by atoms with Crippen molar-refractivity contribution in [2.24, 2.45) is 5.92 Å². The molecule has 1 aliphatic heterocycles. The molecule has 1 rings (SSSR count). The third-order valence-electron chi connectivity index (χ3n) is 2.47. The molecule has 0 spiro atoms. The first kappa shape index (κ1) is 11.3. The van der Waals surface area contributed by atoms with Crippen molar-refractivity contribution >= 4 is 12.6 Å². The Labute approximate surface area is 86.4 Å². The molecule has 0 amide bonds. The average molecular weight is 204 g/mol. The van der Waals surface area contributed by atoms with Gasteiger partial charge in [0.05, 0.1) is 12.7 Å². The van der Waals surface area contributed by atoms with E-state index in [2.05, 4.69) is 19.6 Å². The maximum Gasteiger partial charge on any atom is 0.0830 e. The van der Waals surface area contributed by atoms with Gasteiger partial charge < -0.3 is 9.47 Å². The minimum atomic E-state index is 0.364. The second-order valence-corrected chi connectivity index (χ2v) is 4.21. The third kappa shape index (κ3) is 4.89. The molecule has 1 heterocycles. The van der Waals surface area contributed by atoms with Crippen LogP contribution in [-0.4, -0.2) is 31.7 Å². The van der Waals surface area contributed by atoms with Gasteiger partial charge in [0.25, 0.3) is 0 Å². The van der Waals surface area contributed by atoms with E-state index in [0.29, 0.717) is 6.10 Å². The summed E-state index contributed by atoms with van der Waals surface area (Å²) in [7, 11) is 0. The van der Waals surface area contributed by atoms with E-state index in [9.17, 15) is 0 Å². The van der Waals surface area contributed by atoms with E-state index in [1.54, 1.807) is 0 Å². The minimum Gasteiger partial charge on any atom is -0.379 e. The van der Waals surface area contributed by atoms with Crippen LogP contribution in [0.25, 0.3) is 0 Å². The zero-order valence-electron chi connectivity index (χ0n) is 8.37. The zero-order chi connectivity index (χ0) is 9.52. The SMILES string of the molecule is CC(CCS)CCOC1CCOC1. The molecule has 0 aromatic heterocycles. The number of rotatable bonds is 6. The van der Waals surface area contributed by atoms with Crippen LogP contribution in [0.5, 0.6) is 0 Å². The van der Waals surface area contributed by atoms with E-state index < -0.39 is 0 Å². The third-order valence-corrected chi connectivity index (χ3v) is 2.73. The fourth-order valence-electron chi connectivity index (χ4n) is 1.44. The average Bonchev–Trinajstić information content (AvgIpc) is 2.57.